The lowest BCUT2D eigenvalue weighted by Gasteiger charge is -2.12. The smallest absolute Gasteiger partial charge is 0.191 e. The van der Waals surface area contributed by atoms with Crippen LogP contribution in [0.1, 0.15) is 18.1 Å². The van der Waals surface area contributed by atoms with Gasteiger partial charge in [0.25, 0.3) is 0 Å². The monoisotopic (exact) mass is 500 g/mol. The number of halogens is 2. The van der Waals surface area contributed by atoms with Gasteiger partial charge in [-0.2, -0.15) is 0 Å². The molecule has 0 bridgehead atoms. The van der Waals surface area contributed by atoms with Crippen molar-refractivity contribution in [3.8, 4) is 5.75 Å². The predicted molar refractivity (Wildman–Crippen MR) is 123 cm³/mol. The van der Waals surface area contributed by atoms with Crippen LogP contribution in [-0.2, 0) is 13.0 Å². The topological polar surface area (TPSA) is 58.5 Å². The summed E-state index contributed by atoms with van der Waals surface area (Å²) in [6.45, 7) is 8.29. The standard InChI is InChI=1S/C20H25ClN4O.HI/c1-3-13-26-18-8-6-5-7-17(18)15-25-20(22-4-2)23-12-11-16-9-10-19(21)24-14-16;/h3,5-10,14H,1,4,11-13,15H2,2H3,(H2,22,23,25);1H. The lowest BCUT2D eigenvalue weighted by molar-refractivity contribution is 0.359. The van der Waals surface area contributed by atoms with Gasteiger partial charge >= 0.3 is 0 Å². The van der Waals surface area contributed by atoms with Crippen LogP contribution in [0.15, 0.2) is 60.2 Å². The highest BCUT2D eigenvalue weighted by Gasteiger charge is 2.03. The molecule has 0 aliphatic heterocycles. The number of rotatable bonds is 9. The molecule has 0 unspecified atom stereocenters. The molecule has 7 heteroatoms. The summed E-state index contributed by atoms with van der Waals surface area (Å²) >= 11 is 5.81. The van der Waals surface area contributed by atoms with Gasteiger partial charge in [0.05, 0.1) is 6.54 Å². The molecule has 0 radical (unpaired) electrons. The molecule has 2 N–H and O–H groups in total. The zero-order valence-corrected chi connectivity index (χ0v) is 18.5. The Bertz CT molecular complexity index is 722. The molecule has 1 aromatic heterocycles. The Balaban J connectivity index is 0.00000364. The van der Waals surface area contributed by atoms with E-state index in [9.17, 15) is 0 Å². The van der Waals surface area contributed by atoms with Crippen molar-refractivity contribution in [2.75, 3.05) is 19.7 Å². The fourth-order valence-electron chi connectivity index (χ4n) is 2.31. The third-order valence-electron chi connectivity index (χ3n) is 3.58. The molecule has 2 aromatic rings. The molecular weight excluding hydrogens is 475 g/mol. The summed E-state index contributed by atoms with van der Waals surface area (Å²) in [5.41, 5.74) is 2.16. The summed E-state index contributed by atoms with van der Waals surface area (Å²) in [4.78, 5) is 8.74. The first-order valence-corrected chi connectivity index (χ1v) is 9.05. The highest BCUT2D eigenvalue weighted by atomic mass is 127. The van der Waals surface area contributed by atoms with Crippen molar-refractivity contribution in [3.05, 3.63) is 71.5 Å². The number of hydrogen-bond donors (Lipinski definition) is 2. The summed E-state index contributed by atoms with van der Waals surface area (Å²) in [6, 6.07) is 11.7. The van der Waals surface area contributed by atoms with Crippen molar-refractivity contribution in [2.24, 2.45) is 4.99 Å². The van der Waals surface area contributed by atoms with E-state index in [-0.39, 0.29) is 24.0 Å². The summed E-state index contributed by atoms with van der Waals surface area (Å²) in [5, 5.41) is 7.10. The van der Waals surface area contributed by atoms with E-state index in [1.54, 1.807) is 18.3 Å². The number of benzene rings is 1. The van der Waals surface area contributed by atoms with E-state index in [0.717, 1.165) is 42.3 Å². The molecule has 0 spiro atoms. The maximum Gasteiger partial charge on any atom is 0.191 e. The van der Waals surface area contributed by atoms with Crippen molar-refractivity contribution < 1.29 is 4.74 Å². The number of ether oxygens (including phenoxy) is 1. The van der Waals surface area contributed by atoms with Gasteiger partial charge in [-0.15, -0.1) is 24.0 Å². The van der Waals surface area contributed by atoms with Crippen molar-refractivity contribution >= 4 is 41.5 Å². The molecule has 27 heavy (non-hydrogen) atoms. The second-order valence-corrected chi connectivity index (χ2v) is 5.96. The summed E-state index contributed by atoms with van der Waals surface area (Å²) in [6.07, 6.45) is 4.37. The zero-order valence-electron chi connectivity index (χ0n) is 15.5. The number of aromatic nitrogens is 1. The molecule has 0 aliphatic rings. The van der Waals surface area contributed by atoms with E-state index in [2.05, 4.69) is 27.2 Å². The molecule has 0 amide bonds. The Hall–Kier alpha value is -1.80. The van der Waals surface area contributed by atoms with Gasteiger partial charge in [0.1, 0.15) is 17.5 Å². The zero-order chi connectivity index (χ0) is 18.6. The van der Waals surface area contributed by atoms with Crippen LogP contribution in [0.3, 0.4) is 0 Å². The Morgan fingerprint density at radius 2 is 2.07 bits per heavy atom. The van der Waals surface area contributed by atoms with E-state index in [1.807, 2.05) is 37.3 Å². The van der Waals surface area contributed by atoms with Crippen molar-refractivity contribution in [1.82, 2.24) is 15.6 Å². The maximum atomic E-state index is 5.81. The number of guanidine groups is 1. The van der Waals surface area contributed by atoms with Gasteiger partial charge in [-0.1, -0.05) is 48.5 Å². The van der Waals surface area contributed by atoms with E-state index in [4.69, 9.17) is 16.3 Å². The van der Waals surface area contributed by atoms with Gasteiger partial charge in [-0.25, -0.2) is 9.98 Å². The van der Waals surface area contributed by atoms with Crippen LogP contribution in [0.5, 0.6) is 5.75 Å². The normalized spacial score (nSPS) is 10.7. The van der Waals surface area contributed by atoms with Gasteiger partial charge < -0.3 is 15.4 Å². The van der Waals surface area contributed by atoms with Gasteiger partial charge in [0.2, 0.25) is 0 Å². The Kier molecular flexibility index (Phi) is 11.5. The number of para-hydroxylation sites is 1. The molecule has 1 heterocycles. The minimum absolute atomic E-state index is 0. The summed E-state index contributed by atoms with van der Waals surface area (Å²) in [5.74, 6) is 1.60. The summed E-state index contributed by atoms with van der Waals surface area (Å²) < 4.78 is 5.68. The molecule has 0 saturated carbocycles. The van der Waals surface area contributed by atoms with Crippen molar-refractivity contribution in [3.63, 3.8) is 0 Å². The number of hydrogen-bond acceptors (Lipinski definition) is 3. The third kappa shape index (κ3) is 8.62. The molecule has 0 fully saturated rings. The lowest BCUT2D eigenvalue weighted by Crippen LogP contribution is -2.38. The van der Waals surface area contributed by atoms with Gasteiger partial charge in [-0.05, 0) is 31.0 Å². The van der Waals surface area contributed by atoms with Crippen LogP contribution < -0.4 is 15.4 Å². The molecule has 2 rings (SSSR count). The van der Waals surface area contributed by atoms with Crippen LogP contribution in [0.4, 0.5) is 0 Å². The molecule has 0 saturated heterocycles. The second-order valence-electron chi connectivity index (χ2n) is 5.57. The Morgan fingerprint density at radius 3 is 2.78 bits per heavy atom. The molecular formula is C20H26ClIN4O. The molecule has 0 atom stereocenters. The number of nitrogens with one attached hydrogen (secondary N) is 2. The third-order valence-corrected chi connectivity index (χ3v) is 3.80. The Morgan fingerprint density at radius 1 is 1.26 bits per heavy atom. The first-order valence-electron chi connectivity index (χ1n) is 8.67. The molecule has 146 valence electrons. The predicted octanol–water partition coefficient (Wildman–Crippen LogP) is 4.22. The Labute approximate surface area is 183 Å². The van der Waals surface area contributed by atoms with E-state index >= 15 is 0 Å². The van der Waals surface area contributed by atoms with Crippen LogP contribution in [-0.4, -0.2) is 30.6 Å². The highest BCUT2D eigenvalue weighted by Crippen LogP contribution is 2.18. The van der Waals surface area contributed by atoms with Crippen molar-refractivity contribution in [1.29, 1.82) is 0 Å². The minimum Gasteiger partial charge on any atom is -0.489 e. The molecule has 0 aliphatic carbocycles. The highest BCUT2D eigenvalue weighted by molar-refractivity contribution is 14.0. The number of pyridine rings is 1. The van der Waals surface area contributed by atoms with E-state index < -0.39 is 0 Å². The average molecular weight is 501 g/mol. The van der Waals surface area contributed by atoms with E-state index in [1.165, 1.54) is 0 Å². The van der Waals surface area contributed by atoms with Crippen LogP contribution >= 0.6 is 35.6 Å². The number of nitrogens with zero attached hydrogens (tertiary/aromatic N) is 2. The van der Waals surface area contributed by atoms with Crippen LogP contribution in [0.25, 0.3) is 0 Å². The van der Waals surface area contributed by atoms with Crippen molar-refractivity contribution in [2.45, 2.75) is 19.9 Å². The van der Waals surface area contributed by atoms with Gasteiger partial charge in [0, 0.05) is 24.8 Å². The SMILES string of the molecule is C=CCOc1ccccc1CN=C(NCC)NCCc1ccc(Cl)nc1.I. The molecule has 1 aromatic carbocycles. The lowest BCUT2D eigenvalue weighted by atomic mass is 10.2. The first kappa shape index (κ1) is 23.2. The second kappa shape index (κ2) is 13.4. The maximum absolute atomic E-state index is 5.81. The first-order chi connectivity index (χ1) is 12.7. The minimum atomic E-state index is 0. The van der Waals surface area contributed by atoms with Crippen LogP contribution in [0.2, 0.25) is 5.15 Å². The average Bonchev–Trinajstić information content (AvgIpc) is 2.66. The quantitative estimate of drug-likeness (QED) is 0.178. The van der Waals surface area contributed by atoms with E-state index in [0.29, 0.717) is 18.3 Å². The summed E-state index contributed by atoms with van der Waals surface area (Å²) in [7, 11) is 0. The number of aliphatic imine (C=N–C) groups is 1. The van der Waals surface area contributed by atoms with Gasteiger partial charge in [-0.3, -0.25) is 0 Å². The largest absolute Gasteiger partial charge is 0.489 e. The molecule has 5 nitrogen and oxygen atoms in total. The fraction of sp³-hybridized carbons (Fsp3) is 0.300. The fourth-order valence-corrected chi connectivity index (χ4v) is 2.42. The van der Waals surface area contributed by atoms with Crippen LogP contribution in [0, 0.1) is 0 Å². The van der Waals surface area contributed by atoms with Gasteiger partial charge in [0.15, 0.2) is 5.96 Å².